The monoisotopic (exact) mass is 508 g/mol. The number of rotatable bonds is 8. The molecule has 0 radical (unpaired) electrons. The lowest BCUT2D eigenvalue weighted by Gasteiger charge is -2.33. The summed E-state index contributed by atoms with van der Waals surface area (Å²) in [5.74, 6) is 0.735. The van der Waals surface area contributed by atoms with Crippen LogP contribution in [0.5, 0.6) is 0 Å². The Morgan fingerprint density at radius 2 is 1.96 bits per heavy atom. The van der Waals surface area contributed by atoms with Gasteiger partial charge in [0.25, 0.3) is 0 Å². The number of halogens is 1. The summed E-state index contributed by atoms with van der Waals surface area (Å²) in [7, 11) is 1.97. The predicted molar refractivity (Wildman–Crippen MR) is 124 cm³/mol. The van der Waals surface area contributed by atoms with Gasteiger partial charge in [0.05, 0.1) is 31.1 Å². The lowest BCUT2D eigenvalue weighted by molar-refractivity contribution is -0.0179. The summed E-state index contributed by atoms with van der Waals surface area (Å²) in [6, 6.07) is 0. The number of morpholine rings is 1. The van der Waals surface area contributed by atoms with E-state index in [0.29, 0.717) is 13.1 Å². The van der Waals surface area contributed by atoms with Gasteiger partial charge in [0, 0.05) is 45.5 Å². The molecule has 0 amide bonds. The number of aliphatic imine (C=N–C) groups is 1. The summed E-state index contributed by atoms with van der Waals surface area (Å²) in [5.41, 5.74) is 2.69. The highest BCUT2D eigenvalue weighted by Crippen LogP contribution is 2.12. The molecule has 1 fully saturated rings. The van der Waals surface area contributed by atoms with Crippen molar-refractivity contribution in [1.29, 1.82) is 0 Å². The van der Waals surface area contributed by atoms with E-state index in [0.717, 1.165) is 57.5 Å². The van der Waals surface area contributed by atoms with Crippen LogP contribution in [0.4, 0.5) is 0 Å². The molecule has 0 aliphatic carbocycles. The van der Waals surface area contributed by atoms with Crippen LogP contribution >= 0.6 is 24.0 Å². The van der Waals surface area contributed by atoms with Crippen molar-refractivity contribution in [3.8, 4) is 0 Å². The second kappa shape index (κ2) is 11.9. The first kappa shape index (κ1) is 25.1. The van der Waals surface area contributed by atoms with Crippen LogP contribution in [0.25, 0.3) is 0 Å². The van der Waals surface area contributed by atoms with Gasteiger partial charge in [0.15, 0.2) is 5.96 Å². The summed E-state index contributed by atoms with van der Waals surface area (Å²) < 4.78 is 7.29. The van der Waals surface area contributed by atoms with Crippen molar-refractivity contribution in [2.45, 2.75) is 39.7 Å². The maximum atomic E-state index is 10.7. The molecular weight excluding hydrogens is 471 g/mol. The van der Waals surface area contributed by atoms with Gasteiger partial charge in [-0.05, 0) is 39.7 Å². The molecule has 0 bridgehead atoms. The number of nitrogens with one attached hydrogen (secondary N) is 2. The van der Waals surface area contributed by atoms with Crippen LogP contribution in [0.15, 0.2) is 4.99 Å². The third kappa shape index (κ3) is 7.84. The minimum atomic E-state index is -0.865. The molecule has 2 rings (SSSR count). The number of hydrogen-bond acceptors (Lipinski definition) is 5. The Morgan fingerprint density at radius 3 is 2.54 bits per heavy atom. The highest BCUT2D eigenvalue weighted by atomic mass is 127. The van der Waals surface area contributed by atoms with Crippen molar-refractivity contribution in [2.24, 2.45) is 12.0 Å². The fourth-order valence-corrected chi connectivity index (χ4v) is 3.37. The Bertz CT molecular complexity index is 626. The van der Waals surface area contributed by atoms with Crippen LogP contribution in [0.1, 0.15) is 30.8 Å². The quantitative estimate of drug-likeness (QED) is 0.274. The lowest BCUT2D eigenvalue weighted by atomic mass is 10.1. The number of nitrogens with zero attached hydrogens (tertiary/aromatic N) is 4. The molecule has 8 nitrogen and oxygen atoms in total. The summed E-state index contributed by atoms with van der Waals surface area (Å²) in [5, 5.41) is 21.8. The molecule has 9 heteroatoms. The van der Waals surface area contributed by atoms with E-state index >= 15 is 0 Å². The van der Waals surface area contributed by atoms with Crippen LogP contribution < -0.4 is 10.6 Å². The Morgan fingerprint density at radius 1 is 1.29 bits per heavy atom. The molecule has 2 heterocycles. The zero-order valence-corrected chi connectivity index (χ0v) is 20.2. The van der Waals surface area contributed by atoms with Gasteiger partial charge in [0.2, 0.25) is 0 Å². The third-order valence-corrected chi connectivity index (χ3v) is 4.92. The predicted octanol–water partition coefficient (Wildman–Crippen LogP) is 0.836. The molecule has 1 saturated heterocycles. The molecule has 0 spiro atoms. The topological polar surface area (TPSA) is 86.9 Å². The van der Waals surface area contributed by atoms with E-state index in [-0.39, 0.29) is 24.0 Å². The first-order chi connectivity index (χ1) is 12.8. The number of β-amino-alcohol motifs (C(OH)–C–C–N with tert-alkyl or cyclic N) is 1. The van der Waals surface area contributed by atoms with Gasteiger partial charge in [-0.1, -0.05) is 0 Å². The molecule has 1 aromatic rings. The Balaban J connectivity index is 0.00000392. The zero-order chi connectivity index (χ0) is 19.9. The molecule has 1 atom stereocenters. The van der Waals surface area contributed by atoms with Crippen molar-refractivity contribution in [1.82, 2.24) is 25.3 Å². The van der Waals surface area contributed by atoms with E-state index in [4.69, 9.17) is 4.74 Å². The van der Waals surface area contributed by atoms with Crippen LogP contribution in [0.3, 0.4) is 0 Å². The second-order valence-electron chi connectivity index (χ2n) is 7.53. The maximum Gasteiger partial charge on any atom is 0.191 e. The number of aromatic nitrogens is 2. The zero-order valence-electron chi connectivity index (χ0n) is 17.9. The number of aryl methyl sites for hydroxylation is 2. The molecule has 162 valence electrons. The van der Waals surface area contributed by atoms with E-state index in [1.54, 1.807) is 0 Å². The van der Waals surface area contributed by atoms with E-state index < -0.39 is 5.60 Å². The summed E-state index contributed by atoms with van der Waals surface area (Å²) >= 11 is 0. The summed E-state index contributed by atoms with van der Waals surface area (Å²) in [6.07, 6.45) is 0.889. The molecule has 1 unspecified atom stereocenters. The minimum absolute atomic E-state index is 0. The summed E-state index contributed by atoms with van der Waals surface area (Å²) in [4.78, 5) is 6.83. The Kier molecular flexibility index (Phi) is 10.7. The molecule has 3 N–H and O–H groups in total. The van der Waals surface area contributed by atoms with Gasteiger partial charge in [-0.3, -0.25) is 14.6 Å². The van der Waals surface area contributed by atoms with Gasteiger partial charge in [-0.2, -0.15) is 5.10 Å². The van der Waals surface area contributed by atoms with Gasteiger partial charge in [-0.25, -0.2) is 0 Å². The van der Waals surface area contributed by atoms with Crippen LogP contribution in [0, 0.1) is 13.8 Å². The average molecular weight is 508 g/mol. The van der Waals surface area contributed by atoms with Crippen molar-refractivity contribution in [3.05, 3.63) is 17.0 Å². The summed E-state index contributed by atoms with van der Waals surface area (Å²) in [6.45, 7) is 13.7. The molecule has 1 aliphatic rings. The van der Waals surface area contributed by atoms with E-state index in [1.807, 2.05) is 32.5 Å². The van der Waals surface area contributed by atoms with Gasteiger partial charge < -0.3 is 20.5 Å². The molecule has 1 aromatic heterocycles. The lowest BCUT2D eigenvalue weighted by Crippen LogP contribution is -2.48. The standard InChI is InChI=1S/C19H36N6O2.HI/c1-6-20-18(21-8-7-17-15(2)23-24(5)16(17)3)22-13-19(4,26)14-25-9-11-27-12-10-25;/h26H,6-14H2,1-5H3,(H2,20,21,22);1H. The molecule has 1 aliphatic heterocycles. The van der Waals surface area contributed by atoms with E-state index in [1.165, 1.54) is 11.3 Å². The Labute approximate surface area is 186 Å². The van der Waals surface area contributed by atoms with Crippen LogP contribution in [-0.4, -0.2) is 83.8 Å². The van der Waals surface area contributed by atoms with Gasteiger partial charge in [0.1, 0.15) is 0 Å². The highest BCUT2D eigenvalue weighted by molar-refractivity contribution is 14.0. The fraction of sp³-hybridized carbons (Fsp3) is 0.789. The molecular formula is C19H37IN6O2. The molecule has 0 saturated carbocycles. The van der Waals surface area contributed by atoms with Crippen molar-refractivity contribution < 1.29 is 9.84 Å². The highest BCUT2D eigenvalue weighted by Gasteiger charge is 2.25. The normalized spacial score (nSPS) is 17.7. The first-order valence-electron chi connectivity index (χ1n) is 9.86. The smallest absolute Gasteiger partial charge is 0.191 e. The molecule has 28 heavy (non-hydrogen) atoms. The first-order valence-corrected chi connectivity index (χ1v) is 9.86. The number of hydrogen-bond donors (Lipinski definition) is 3. The van der Waals surface area contributed by atoms with Gasteiger partial charge in [-0.15, -0.1) is 24.0 Å². The van der Waals surface area contributed by atoms with Crippen molar-refractivity contribution in [3.63, 3.8) is 0 Å². The number of ether oxygens (including phenoxy) is 1. The maximum absolute atomic E-state index is 10.7. The van der Waals surface area contributed by atoms with Crippen molar-refractivity contribution in [2.75, 3.05) is 52.5 Å². The minimum Gasteiger partial charge on any atom is -0.387 e. The average Bonchev–Trinajstić information content (AvgIpc) is 2.86. The van der Waals surface area contributed by atoms with Crippen LogP contribution in [-0.2, 0) is 18.2 Å². The van der Waals surface area contributed by atoms with Gasteiger partial charge >= 0.3 is 0 Å². The third-order valence-electron chi connectivity index (χ3n) is 4.92. The second-order valence-corrected chi connectivity index (χ2v) is 7.53. The van der Waals surface area contributed by atoms with E-state index in [9.17, 15) is 5.11 Å². The number of aliphatic hydroxyl groups is 1. The largest absolute Gasteiger partial charge is 0.387 e. The van der Waals surface area contributed by atoms with E-state index in [2.05, 4.69) is 32.5 Å². The molecule has 0 aromatic carbocycles. The van der Waals surface area contributed by atoms with Crippen LogP contribution in [0.2, 0.25) is 0 Å². The Hall–Kier alpha value is -0.910. The number of guanidine groups is 1. The fourth-order valence-electron chi connectivity index (χ4n) is 3.37. The SMILES string of the molecule is CCNC(=NCC(C)(O)CN1CCOCC1)NCCc1c(C)nn(C)c1C.I. The van der Waals surface area contributed by atoms with Crippen molar-refractivity contribution >= 4 is 29.9 Å².